The number of anilines is 2. The first-order valence-corrected chi connectivity index (χ1v) is 10.3. The molecule has 2 N–H and O–H groups in total. The lowest BCUT2D eigenvalue weighted by Gasteiger charge is -2.13. The Kier molecular flexibility index (Phi) is 7.76. The maximum Gasteiger partial charge on any atom is 0.243 e. The van der Waals surface area contributed by atoms with Gasteiger partial charge in [0.2, 0.25) is 5.91 Å². The molecule has 3 rings (SSSR count). The van der Waals surface area contributed by atoms with E-state index >= 15 is 0 Å². The van der Waals surface area contributed by atoms with Crippen molar-refractivity contribution in [1.29, 1.82) is 0 Å². The van der Waals surface area contributed by atoms with Gasteiger partial charge in [-0.05, 0) is 74.7 Å². The zero-order valence-electron chi connectivity index (χ0n) is 17.1. The van der Waals surface area contributed by atoms with Gasteiger partial charge in [0.05, 0.1) is 18.8 Å². The topological polar surface area (TPSA) is 68.8 Å². The van der Waals surface area contributed by atoms with Crippen molar-refractivity contribution < 1.29 is 19.0 Å². The minimum absolute atomic E-state index is 0.113. The molecule has 0 bridgehead atoms. The van der Waals surface area contributed by atoms with Crippen molar-refractivity contribution in [3.8, 4) is 11.5 Å². The number of ether oxygens (including phenoxy) is 3. The Hall–Kier alpha value is -2.73. The van der Waals surface area contributed by atoms with Gasteiger partial charge in [0.15, 0.2) is 0 Å². The van der Waals surface area contributed by atoms with Crippen LogP contribution in [-0.4, -0.2) is 37.9 Å². The van der Waals surface area contributed by atoms with Gasteiger partial charge >= 0.3 is 0 Å². The molecule has 1 heterocycles. The number of hydrogen-bond donors (Lipinski definition) is 2. The number of rotatable bonds is 10. The zero-order valence-corrected chi connectivity index (χ0v) is 17.1. The van der Waals surface area contributed by atoms with E-state index in [1.54, 1.807) is 0 Å². The molecular formula is C23H30N2O4. The second-order valence-electron chi connectivity index (χ2n) is 7.23. The highest BCUT2D eigenvalue weighted by atomic mass is 16.5. The molecule has 0 aromatic heterocycles. The number of nitrogens with one attached hydrogen (secondary N) is 2. The van der Waals surface area contributed by atoms with Crippen molar-refractivity contribution in [2.45, 2.75) is 45.3 Å². The summed E-state index contributed by atoms with van der Waals surface area (Å²) in [6, 6.07) is 15.0. The summed E-state index contributed by atoms with van der Waals surface area (Å²) in [5.74, 6) is 1.49. The number of carbonyl (C=O) groups excluding carboxylic acids is 1. The summed E-state index contributed by atoms with van der Waals surface area (Å²) in [6.07, 6.45) is 3.49. The van der Waals surface area contributed by atoms with Gasteiger partial charge < -0.3 is 24.8 Å². The molecule has 0 spiro atoms. The van der Waals surface area contributed by atoms with Gasteiger partial charge in [-0.3, -0.25) is 4.79 Å². The minimum Gasteiger partial charge on any atom is -0.491 e. The van der Waals surface area contributed by atoms with Crippen LogP contribution in [0.15, 0.2) is 48.5 Å². The van der Waals surface area contributed by atoms with Crippen LogP contribution in [-0.2, 0) is 9.53 Å². The molecule has 6 nitrogen and oxygen atoms in total. The van der Waals surface area contributed by atoms with E-state index in [0.717, 1.165) is 48.7 Å². The third-order valence-electron chi connectivity index (χ3n) is 4.82. The van der Waals surface area contributed by atoms with Gasteiger partial charge in [0, 0.05) is 18.0 Å². The van der Waals surface area contributed by atoms with Crippen LogP contribution in [0.4, 0.5) is 11.4 Å². The number of amides is 1. The molecule has 1 amide bonds. The summed E-state index contributed by atoms with van der Waals surface area (Å²) >= 11 is 0. The first-order chi connectivity index (χ1) is 14.1. The van der Waals surface area contributed by atoms with Gasteiger partial charge in [0.25, 0.3) is 0 Å². The normalized spacial score (nSPS) is 16.8. The van der Waals surface area contributed by atoms with Crippen molar-refractivity contribution in [3.63, 3.8) is 0 Å². The maximum atomic E-state index is 12.2. The fraction of sp³-hybridized carbons (Fsp3) is 0.435. The smallest absolute Gasteiger partial charge is 0.243 e. The summed E-state index contributed by atoms with van der Waals surface area (Å²) in [5, 5.41) is 5.99. The van der Waals surface area contributed by atoms with E-state index in [0.29, 0.717) is 6.61 Å². The molecule has 2 aromatic rings. The second-order valence-corrected chi connectivity index (χ2v) is 7.23. The second kappa shape index (κ2) is 10.7. The van der Waals surface area contributed by atoms with Crippen LogP contribution in [0.2, 0.25) is 0 Å². The molecule has 0 aliphatic carbocycles. The van der Waals surface area contributed by atoms with Crippen LogP contribution in [0, 0.1) is 0 Å². The standard InChI is InChI=1S/C23H30N2O4/c1-3-17(2)29-21-12-6-18(7-13-21)24-15-23(26)25-19-8-10-20(11-9-19)28-16-22-5-4-14-27-22/h6-13,17,22,24H,3-5,14-16H2,1-2H3,(H,25,26). The summed E-state index contributed by atoms with van der Waals surface area (Å²) in [7, 11) is 0. The zero-order chi connectivity index (χ0) is 20.5. The summed E-state index contributed by atoms with van der Waals surface area (Å²) in [6.45, 7) is 5.70. The molecule has 1 saturated heterocycles. The van der Waals surface area contributed by atoms with Crippen molar-refractivity contribution in [3.05, 3.63) is 48.5 Å². The molecule has 0 radical (unpaired) electrons. The van der Waals surface area contributed by atoms with Crippen molar-refractivity contribution in [1.82, 2.24) is 0 Å². The van der Waals surface area contributed by atoms with E-state index < -0.39 is 0 Å². The summed E-state index contributed by atoms with van der Waals surface area (Å²) < 4.78 is 17.0. The first-order valence-electron chi connectivity index (χ1n) is 10.3. The molecule has 2 aromatic carbocycles. The van der Waals surface area contributed by atoms with Gasteiger partial charge in [-0.1, -0.05) is 6.92 Å². The molecule has 1 aliphatic heterocycles. The first kappa shape index (κ1) is 21.0. The van der Waals surface area contributed by atoms with E-state index in [2.05, 4.69) is 17.6 Å². The van der Waals surface area contributed by atoms with Crippen molar-refractivity contribution >= 4 is 17.3 Å². The Morgan fingerprint density at radius 2 is 1.79 bits per heavy atom. The molecule has 1 fully saturated rings. The van der Waals surface area contributed by atoms with Crippen molar-refractivity contribution in [2.24, 2.45) is 0 Å². The lowest BCUT2D eigenvalue weighted by molar-refractivity contribution is -0.114. The minimum atomic E-state index is -0.113. The number of carbonyl (C=O) groups is 1. The fourth-order valence-electron chi connectivity index (χ4n) is 2.95. The average Bonchev–Trinajstić information content (AvgIpc) is 3.26. The van der Waals surface area contributed by atoms with Crippen LogP contribution in [0.1, 0.15) is 33.1 Å². The highest BCUT2D eigenvalue weighted by molar-refractivity contribution is 5.93. The summed E-state index contributed by atoms with van der Waals surface area (Å²) in [4.78, 5) is 12.2. The fourth-order valence-corrected chi connectivity index (χ4v) is 2.95. The van der Waals surface area contributed by atoms with Gasteiger partial charge in [-0.25, -0.2) is 0 Å². The Labute approximate surface area is 172 Å². The summed E-state index contributed by atoms with van der Waals surface area (Å²) in [5.41, 5.74) is 1.60. The van der Waals surface area contributed by atoms with Gasteiger partial charge in [-0.15, -0.1) is 0 Å². The number of hydrogen-bond acceptors (Lipinski definition) is 5. The predicted octanol–water partition coefficient (Wildman–Crippen LogP) is 4.47. The van der Waals surface area contributed by atoms with Crippen LogP contribution < -0.4 is 20.1 Å². The van der Waals surface area contributed by atoms with E-state index in [-0.39, 0.29) is 24.7 Å². The molecule has 29 heavy (non-hydrogen) atoms. The highest BCUT2D eigenvalue weighted by Crippen LogP contribution is 2.19. The van der Waals surface area contributed by atoms with Crippen LogP contribution in [0.25, 0.3) is 0 Å². The molecular weight excluding hydrogens is 368 g/mol. The predicted molar refractivity (Wildman–Crippen MR) is 115 cm³/mol. The van der Waals surface area contributed by atoms with Crippen LogP contribution in [0.3, 0.4) is 0 Å². The quantitative estimate of drug-likeness (QED) is 0.618. The largest absolute Gasteiger partial charge is 0.491 e. The van der Waals surface area contributed by atoms with Gasteiger partial charge in [0.1, 0.15) is 18.1 Å². The molecule has 2 unspecified atom stereocenters. The van der Waals surface area contributed by atoms with E-state index in [1.807, 2.05) is 55.5 Å². The Morgan fingerprint density at radius 1 is 1.10 bits per heavy atom. The van der Waals surface area contributed by atoms with Crippen LogP contribution in [0.5, 0.6) is 11.5 Å². The van der Waals surface area contributed by atoms with E-state index in [4.69, 9.17) is 14.2 Å². The molecule has 0 saturated carbocycles. The van der Waals surface area contributed by atoms with E-state index in [1.165, 1.54) is 0 Å². The number of benzene rings is 2. The van der Waals surface area contributed by atoms with E-state index in [9.17, 15) is 4.79 Å². The average molecular weight is 399 g/mol. The Morgan fingerprint density at radius 3 is 2.45 bits per heavy atom. The molecule has 6 heteroatoms. The Bertz CT molecular complexity index is 755. The lowest BCUT2D eigenvalue weighted by Crippen LogP contribution is -2.21. The van der Waals surface area contributed by atoms with Crippen molar-refractivity contribution in [2.75, 3.05) is 30.4 Å². The third-order valence-corrected chi connectivity index (χ3v) is 4.82. The lowest BCUT2D eigenvalue weighted by atomic mass is 10.2. The monoisotopic (exact) mass is 398 g/mol. The highest BCUT2D eigenvalue weighted by Gasteiger charge is 2.15. The maximum absolute atomic E-state index is 12.2. The Balaban J connectivity index is 1.39. The van der Waals surface area contributed by atoms with Gasteiger partial charge in [-0.2, -0.15) is 0 Å². The van der Waals surface area contributed by atoms with Crippen LogP contribution >= 0.6 is 0 Å². The molecule has 1 aliphatic rings. The molecule has 2 atom stereocenters. The SMILES string of the molecule is CCC(C)Oc1ccc(NCC(=O)Nc2ccc(OCC3CCCO3)cc2)cc1. The molecule has 156 valence electrons. The third kappa shape index (κ3) is 6.98.